The predicted molar refractivity (Wildman–Crippen MR) is 87.2 cm³/mol. The minimum absolute atomic E-state index is 0.316. The van der Waals surface area contributed by atoms with Crippen LogP contribution in [0.15, 0.2) is 27.0 Å². The molecule has 0 bridgehead atoms. The van der Waals surface area contributed by atoms with Crippen molar-refractivity contribution in [2.24, 2.45) is 0 Å². The molecule has 2 aromatic heterocycles. The van der Waals surface area contributed by atoms with Gasteiger partial charge in [0.15, 0.2) is 17.4 Å². The quantitative estimate of drug-likeness (QED) is 0.824. The zero-order valence-electron chi connectivity index (χ0n) is 13.2. The number of nitrogens with zero attached hydrogens (tertiary/aromatic N) is 2. The lowest BCUT2D eigenvalue weighted by atomic mass is 10.1. The van der Waals surface area contributed by atoms with Crippen molar-refractivity contribution in [3.63, 3.8) is 0 Å². The number of aryl methyl sites for hydroxylation is 1. The first-order valence-electron chi connectivity index (χ1n) is 7.79. The first-order chi connectivity index (χ1) is 11.5. The summed E-state index contributed by atoms with van der Waals surface area (Å²) in [5, 5.41) is 0. The van der Waals surface area contributed by atoms with Gasteiger partial charge in [-0.3, -0.25) is 0 Å². The van der Waals surface area contributed by atoms with Gasteiger partial charge in [-0.25, -0.2) is 13.4 Å². The van der Waals surface area contributed by atoms with Crippen LogP contribution in [0.2, 0.25) is 0 Å². The normalized spacial score (nSPS) is 21.5. The third-order valence-corrected chi connectivity index (χ3v) is 7.80. The Morgan fingerprint density at radius 2 is 1.92 bits per heavy atom. The Morgan fingerprint density at radius 1 is 1.21 bits per heavy atom. The van der Waals surface area contributed by atoms with Crippen LogP contribution in [0.1, 0.15) is 18.7 Å². The molecule has 1 spiro atoms. The third kappa shape index (κ3) is 2.80. The molecular formula is C15H18N2O5S2. The maximum atomic E-state index is 12.8. The fraction of sp³-hybridized carbons (Fsp3) is 0.533. The van der Waals surface area contributed by atoms with E-state index in [2.05, 4.69) is 4.98 Å². The number of oxazole rings is 1. The average molecular weight is 370 g/mol. The summed E-state index contributed by atoms with van der Waals surface area (Å²) in [6, 6.07) is 3.38. The molecule has 9 heteroatoms. The molecule has 0 aromatic carbocycles. The van der Waals surface area contributed by atoms with Crippen molar-refractivity contribution in [3.05, 3.63) is 24.2 Å². The van der Waals surface area contributed by atoms with Crippen LogP contribution in [0, 0.1) is 6.92 Å². The van der Waals surface area contributed by atoms with Gasteiger partial charge in [0.2, 0.25) is 0 Å². The van der Waals surface area contributed by atoms with Gasteiger partial charge in [0, 0.05) is 32.9 Å². The van der Waals surface area contributed by atoms with E-state index in [4.69, 9.17) is 13.9 Å². The predicted octanol–water partition coefficient (Wildman–Crippen LogP) is 2.24. The van der Waals surface area contributed by atoms with Gasteiger partial charge < -0.3 is 13.9 Å². The maximum Gasteiger partial charge on any atom is 0.252 e. The van der Waals surface area contributed by atoms with Gasteiger partial charge in [-0.2, -0.15) is 4.31 Å². The molecule has 0 atom stereocenters. The van der Waals surface area contributed by atoms with E-state index in [0.717, 1.165) is 4.88 Å². The summed E-state index contributed by atoms with van der Waals surface area (Å²) in [4.78, 5) is 4.80. The van der Waals surface area contributed by atoms with E-state index in [-0.39, 0.29) is 0 Å². The molecule has 0 unspecified atom stereocenters. The second-order valence-electron chi connectivity index (χ2n) is 5.87. The Morgan fingerprint density at radius 3 is 2.54 bits per heavy atom. The van der Waals surface area contributed by atoms with Gasteiger partial charge in [0.1, 0.15) is 4.21 Å². The average Bonchev–Trinajstić information content (AvgIpc) is 3.28. The SMILES string of the molecule is Cc1ncc(-c2ccc(S(=O)(=O)N3CCC4(CC3)OCCO4)s2)o1. The molecule has 2 fully saturated rings. The number of thiophene rings is 1. The number of hydrogen-bond donors (Lipinski definition) is 0. The summed E-state index contributed by atoms with van der Waals surface area (Å²) in [5.41, 5.74) is 0. The molecule has 24 heavy (non-hydrogen) atoms. The minimum Gasteiger partial charge on any atom is -0.440 e. The number of ether oxygens (including phenoxy) is 2. The van der Waals surface area contributed by atoms with Crippen LogP contribution in [-0.2, 0) is 19.5 Å². The lowest BCUT2D eigenvalue weighted by Gasteiger charge is -2.36. The van der Waals surface area contributed by atoms with Crippen molar-refractivity contribution in [2.75, 3.05) is 26.3 Å². The molecule has 0 saturated carbocycles. The minimum atomic E-state index is -3.51. The second-order valence-corrected chi connectivity index (χ2v) is 9.12. The van der Waals surface area contributed by atoms with E-state index in [9.17, 15) is 8.42 Å². The van der Waals surface area contributed by atoms with E-state index in [1.807, 2.05) is 0 Å². The number of hydrogen-bond acceptors (Lipinski definition) is 7. The molecule has 130 valence electrons. The highest BCUT2D eigenvalue weighted by molar-refractivity contribution is 7.91. The van der Waals surface area contributed by atoms with Crippen molar-refractivity contribution in [2.45, 2.75) is 29.8 Å². The molecule has 2 aliphatic heterocycles. The standard InChI is InChI=1S/C15H18N2O5S2/c1-11-16-10-12(22-11)13-2-3-14(23-13)24(18,19)17-6-4-15(5-7-17)20-8-9-21-15/h2-3,10H,4-9H2,1H3. The van der Waals surface area contributed by atoms with Gasteiger partial charge in [-0.1, -0.05) is 0 Å². The summed E-state index contributed by atoms with van der Waals surface area (Å²) >= 11 is 1.20. The molecule has 0 amide bonds. The second kappa shape index (κ2) is 5.92. The van der Waals surface area contributed by atoms with Gasteiger partial charge in [0.25, 0.3) is 10.0 Å². The fourth-order valence-corrected chi connectivity index (χ4v) is 5.90. The first-order valence-corrected chi connectivity index (χ1v) is 10.0. The molecule has 2 saturated heterocycles. The molecule has 0 aliphatic carbocycles. The topological polar surface area (TPSA) is 81.9 Å². The van der Waals surface area contributed by atoms with Crippen LogP contribution in [0.3, 0.4) is 0 Å². The van der Waals surface area contributed by atoms with E-state index < -0.39 is 15.8 Å². The number of sulfonamides is 1. The summed E-state index contributed by atoms with van der Waals surface area (Å²) in [6.45, 7) is 3.72. The summed E-state index contributed by atoms with van der Waals surface area (Å²) in [6.07, 6.45) is 2.73. The van der Waals surface area contributed by atoms with Gasteiger partial charge in [-0.05, 0) is 12.1 Å². The van der Waals surface area contributed by atoms with E-state index in [1.165, 1.54) is 15.6 Å². The van der Waals surface area contributed by atoms with Gasteiger partial charge in [0.05, 0.1) is 24.3 Å². The van der Waals surface area contributed by atoms with Gasteiger partial charge in [-0.15, -0.1) is 11.3 Å². The number of rotatable bonds is 3. The number of piperidine rings is 1. The van der Waals surface area contributed by atoms with Crippen molar-refractivity contribution >= 4 is 21.4 Å². The molecule has 2 aromatic rings. The highest BCUT2D eigenvalue weighted by Gasteiger charge is 2.42. The largest absolute Gasteiger partial charge is 0.440 e. The van der Waals surface area contributed by atoms with Crippen LogP contribution in [-0.4, -0.2) is 49.8 Å². The van der Waals surface area contributed by atoms with E-state index >= 15 is 0 Å². The van der Waals surface area contributed by atoms with Crippen LogP contribution in [0.5, 0.6) is 0 Å². The fourth-order valence-electron chi connectivity index (χ4n) is 3.05. The summed E-state index contributed by atoms with van der Waals surface area (Å²) in [5.74, 6) is 0.564. The Kier molecular flexibility index (Phi) is 4.00. The molecule has 7 nitrogen and oxygen atoms in total. The molecule has 4 heterocycles. The maximum absolute atomic E-state index is 12.8. The van der Waals surface area contributed by atoms with Crippen molar-refractivity contribution in [1.29, 1.82) is 0 Å². The van der Waals surface area contributed by atoms with Crippen molar-refractivity contribution in [1.82, 2.24) is 9.29 Å². The Hall–Kier alpha value is -1.26. The van der Waals surface area contributed by atoms with Crippen LogP contribution >= 0.6 is 11.3 Å². The summed E-state index contributed by atoms with van der Waals surface area (Å²) in [7, 11) is -3.51. The lowest BCUT2D eigenvalue weighted by Crippen LogP contribution is -2.47. The lowest BCUT2D eigenvalue weighted by molar-refractivity contribution is -0.179. The number of aromatic nitrogens is 1. The van der Waals surface area contributed by atoms with Gasteiger partial charge >= 0.3 is 0 Å². The van der Waals surface area contributed by atoms with Crippen molar-refractivity contribution in [3.8, 4) is 10.6 Å². The third-order valence-electron chi connectivity index (χ3n) is 4.34. The highest BCUT2D eigenvalue weighted by atomic mass is 32.2. The molecule has 4 rings (SSSR count). The Labute approximate surface area is 144 Å². The molecular weight excluding hydrogens is 352 g/mol. The van der Waals surface area contributed by atoms with E-state index in [0.29, 0.717) is 55.0 Å². The molecule has 2 aliphatic rings. The first kappa shape index (κ1) is 16.2. The smallest absolute Gasteiger partial charge is 0.252 e. The summed E-state index contributed by atoms with van der Waals surface area (Å²) < 4.78 is 44.3. The van der Waals surface area contributed by atoms with E-state index in [1.54, 1.807) is 25.3 Å². The van der Waals surface area contributed by atoms with Crippen LogP contribution in [0.25, 0.3) is 10.6 Å². The molecule has 0 N–H and O–H groups in total. The zero-order chi connectivity index (χ0) is 16.8. The van der Waals surface area contributed by atoms with Crippen LogP contribution in [0.4, 0.5) is 0 Å². The Balaban J connectivity index is 1.52. The highest BCUT2D eigenvalue weighted by Crippen LogP contribution is 2.36. The monoisotopic (exact) mass is 370 g/mol. The van der Waals surface area contributed by atoms with Crippen molar-refractivity contribution < 1.29 is 22.3 Å². The molecule has 0 radical (unpaired) electrons. The zero-order valence-corrected chi connectivity index (χ0v) is 14.9. The van der Waals surface area contributed by atoms with Crippen LogP contribution < -0.4 is 0 Å². The Bertz CT molecular complexity index is 826.